The van der Waals surface area contributed by atoms with E-state index in [1.807, 2.05) is 0 Å². The molecular formula is C11H11F3N2O2. The number of nitrogens with one attached hydrogen (secondary N) is 2. The predicted molar refractivity (Wildman–Crippen MR) is 57.3 cm³/mol. The minimum Gasteiger partial charge on any atom is -0.357 e. The molecule has 0 spiro atoms. The highest BCUT2D eigenvalue weighted by Crippen LogP contribution is 2.13. The molecule has 0 fully saturated rings. The lowest BCUT2D eigenvalue weighted by Crippen LogP contribution is -2.43. The molecule has 0 heterocycles. The molecule has 1 atom stereocenters. The molecule has 0 bridgehead atoms. The highest BCUT2D eigenvalue weighted by atomic mass is 19.2. The number of benzene rings is 1. The molecular weight excluding hydrogens is 249 g/mol. The van der Waals surface area contributed by atoms with E-state index in [4.69, 9.17) is 0 Å². The van der Waals surface area contributed by atoms with Gasteiger partial charge >= 0.3 is 0 Å². The van der Waals surface area contributed by atoms with Gasteiger partial charge < -0.3 is 10.6 Å². The Balaban J connectivity index is 2.89. The topological polar surface area (TPSA) is 58.2 Å². The highest BCUT2D eigenvalue weighted by Gasteiger charge is 2.18. The number of carbonyl (C=O) groups is 2. The van der Waals surface area contributed by atoms with Gasteiger partial charge in [-0.05, 0) is 19.1 Å². The van der Waals surface area contributed by atoms with E-state index in [0.717, 1.165) is 0 Å². The third-order valence-corrected chi connectivity index (χ3v) is 2.23. The maximum absolute atomic E-state index is 12.9. The molecule has 0 radical (unpaired) electrons. The van der Waals surface area contributed by atoms with Crippen molar-refractivity contribution in [1.29, 1.82) is 0 Å². The second kappa shape index (κ2) is 5.52. The van der Waals surface area contributed by atoms with Gasteiger partial charge in [-0.25, -0.2) is 13.2 Å². The van der Waals surface area contributed by atoms with Crippen molar-refractivity contribution in [2.24, 2.45) is 0 Å². The Bertz CT molecular complexity index is 468. The summed E-state index contributed by atoms with van der Waals surface area (Å²) in [6.07, 6.45) is 0. The molecule has 98 valence electrons. The van der Waals surface area contributed by atoms with E-state index in [2.05, 4.69) is 10.6 Å². The highest BCUT2D eigenvalue weighted by molar-refractivity contribution is 5.97. The van der Waals surface area contributed by atoms with Gasteiger partial charge in [0.15, 0.2) is 17.5 Å². The van der Waals surface area contributed by atoms with E-state index >= 15 is 0 Å². The van der Waals surface area contributed by atoms with Crippen LogP contribution in [0.2, 0.25) is 0 Å². The molecule has 0 aliphatic heterocycles. The molecule has 1 aromatic rings. The van der Waals surface area contributed by atoms with Gasteiger partial charge in [0, 0.05) is 12.6 Å². The van der Waals surface area contributed by atoms with Gasteiger partial charge in [0.1, 0.15) is 6.04 Å². The lowest BCUT2D eigenvalue weighted by Gasteiger charge is -2.12. The van der Waals surface area contributed by atoms with E-state index in [-0.39, 0.29) is 0 Å². The molecule has 1 aromatic carbocycles. The van der Waals surface area contributed by atoms with Crippen LogP contribution in [-0.2, 0) is 4.79 Å². The molecule has 1 unspecified atom stereocenters. The van der Waals surface area contributed by atoms with Crippen LogP contribution in [0.15, 0.2) is 12.1 Å². The monoisotopic (exact) mass is 260 g/mol. The summed E-state index contributed by atoms with van der Waals surface area (Å²) in [5.41, 5.74) is -0.401. The van der Waals surface area contributed by atoms with Crippen molar-refractivity contribution in [3.8, 4) is 0 Å². The van der Waals surface area contributed by atoms with Crippen molar-refractivity contribution in [1.82, 2.24) is 10.6 Å². The third-order valence-electron chi connectivity index (χ3n) is 2.23. The number of amides is 2. The van der Waals surface area contributed by atoms with E-state index in [1.54, 1.807) is 0 Å². The van der Waals surface area contributed by atoms with Gasteiger partial charge in [0.05, 0.1) is 0 Å². The van der Waals surface area contributed by atoms with Crippen LogP contribution in [0.4, 0.5) is 13.2 Å². The van der Waals surface area contributed by atoms with Crippen molar-refractivity contribution >= 4 is 11.8 Å². The molecule has 18 heavy (non-hydrogen) atoms. The van der Waals surface area contributed by atoms with Gasteiger partial charge in [-0.3, -0.25) is 9.59 Å². The van der Waals surface area contributed by atoms with E-state index in [0.29, 0.717) is 12.1 Å². The molecule has 2 N–H and O–H groups in total. The Hall–Kier alpha value is -2.05. The first-order valence-corrected chi connectivity index (χ1v) is 5.03. The molecule has 2 amide bonds. The third kappa shape index (κ3) is 2.99. The zero-order valence-electron chi connectivity index (χ0n) is 9.68. The van der Waals surface area contributed by atoms with Gasteiger partial charge in [-0.15, -0.1) is 0 Å². The zero-order valence-corrected chi connectivity index (χ0v) is 9.68. The number of likely N-dealkylation sites (N-methyl/N-ethyl adjacent to an activating group) is 1. The minimum atomic E-state index is -1.65. The summed E-state index contributed by atoms with van der Waals surface area (Å²) < 4.78 is 38.5. The molecule has 0 aliphatic rings. The largest absolute Gasteiger partial charge is 0.357 e. The van der Waals surface area contributed by atoms with Crippen LogP contribution in [0.3, 0.4) is 0 Å². The van der Waals surface area contributed by atoms with Crippen LogP contribution < -0.4 is 10.6 Å². The van der Waals surface area contributed by atoms with E-state index in [9.17, 15) is 22.8 Å². The summed E-state index contributed by atoms with van der Waals surface area (Å²) in [5.74, 6) is -5.92. The Morgan fingerprint density at radius 1 is 1.17 bits per heavy atom. The number of hydrogen-bond donors (Lipinski definition) is 2. The van der Waals surface area contributed by atoms with Gasteiger partial charge in [-0.1, -0.05) is 0 Å². The van der Waals surface area contributed by atoms with Crippen molar-refractivity contribution in [3.05, 3.63) is 35.1 Å². The number of carbonyl (C=O) groups excluding carboxylic acids is 2. The quantitative estimate of drug-likeness (QED) is 0.795. The minimum absolute atomic E-state index is 0.401. The summed E-state index contributed by atoms with van der Waals surface area (Å²) in [5, 5.41) is 4.51. The SMILES string of the molecule is CNC(=O)C(C)NC(=O)c1cc(F)c(F)c(F)c1. The van der Waals surface area contributed by atoms with Crippen molar-refractivity contribution in [2.45, 2.75) is 13.0 Å². The van der Waals surface area contributed by atoms with Crippen LogP contribution in [0, 0.1) is 17.5 Å². The molecule has 7 heteroatoms. The summed E-state index contributed by atoms with van der Waals surface area (Å²) in [4.78, 5) is 22.7. The fraction of sp³-hybridized carbons (Fsp3) is 0.273. The lowest BCUT2D eigenvalue weighted by atomic mass is 10.1. The Kier molecular flexibility index (Phi) is 4.30. The first-order chi connectivity index (χ1) is 8.36. The van der Waals surface area contributed by atoms with Gasteiger partial charge in [0.2, 0.25) is 5.91 Å². The number of hydrogen-bond acceptors (Lipinski definition) is 2. The van der Waals surface area contributed by atoms with Crippen LogP contribution >= 0.6 is 0 Å². The van der Waals surface area contributed by atoms with Crippen LogP contribution in [0.1, 0.15) is 17.3 Å². The first-order valence-electron chi connectivity index (χ1n) is 5.03. The Labute approximate surface area is 101 Å². The van der Waals surface area contributed by atoms with Crippen molar-refractivity contribution in [3.63, 3.8) is 0 Å². The first kappa shape index (κ1) is 14.0. The molecule has 1 rings (SSSR count). The second-order valence-electron chi connectivity index (χ2n) is 3.56. The van der Waals surface area contributed by atoms with Crippen molar-refractivity contribution < 1.29 is 22.8 Å². The fourth-order valence-electron chi connectivity index (χ4n) is 1.25. The van der Waals surface area contributed by atoms with Gasteiger partial charge in [0.25, 0.3) is 5.91 Å². The molecule has 0 saturated heterocycles. The average molecular weight is 260 g/mol. The van der Waals surface area contributed by atoms with Crippen LogP contribution in [0.25, 0.3) is 0 Å². The molecule has 0 aliphatic carbocycles. The standard InChI is InChI=1S/C11H11F3N2O2/c1-5(10(17)15-2)16-11(18)6-3-7(12)9(14)8(13)4-6/h3-5H,1-2H3,(H,15,17)(H,16,18). The molecule has 0 saturated carbocycles. The smallest absolute Gasteiger partial charge is 0.252 e. The summed E-state index contributed by atoms with van der Waals surface area (Å²) in [6.45, 7) is 1.40. The Morgan fingerprint density at radius 3 is 2.11 bits per heavy atom. The summed E-state index contributed by atoms with van der Waals surface area (Å²) in [7, 11) is 1.38. The predicted octanol–water partition coefficient (Wildman–Crippen LogP) is 0.968. The maximum Gasteiger partial charge on any atom is 0.252 e. The maximum atomic E-state index is 12.9. The summed E-state index contributed by atoms with van der Waals surface area (Å²) >= 11 is 0. The molecule has 0 aromatic heterocycles. The molecule has 4 nitrogen and oxygen atoms in total. The van der Waals surface area contributed by atoms with Crippen LogP contribution in [-0.4, -0.2) is 24.9 Å². The average Bonchev–Trinajstić information content (AvgIpc) is 2.33. The Morgan fingerprint density at radius 2 is 1.67 bits per heavy atom. The number of halogens is 3. The van der Waals surface area contributed by atoms with E-state index in [1.165, 1.54) is 14.0 Å². The van der Waals surface area contributed by atoms with Crippen LogP contribution in [0.5, 0.6) is 0 Å². The van der Waals surface area contributed by atoms with E-state index < -0.39 is 40.9 Å². The normalized spacial score (nSPS) is 11.8. The second-order valence-corrected chi connectivity index (χ2v) is 3.56. The summed E-state index contributed by atoms with van der Waals surface area (Å²) in [6, 6.07) is 0.243. The fourth-order valence-corrected chi connectivity index (χ4v) is 1.25. The lowest BCUT2D eigenvalue weighted by molar-refractivity contribution is -0.122. The zero-order chi connectivity index (χ0) is 13.9. The number of rotatable bonds is 3. The van der Waals surface area contributed by atoms with Crippen molar-refractivity contribution in [2.75, 3.05) is 7.05 Å². The van der Waals surface area contributed by atoms with Gasteiger partial charge in [-0.2, -0.15) is 0 Å².